The SMILES string of the molecule is CCOc1ccc(Oc2cnc(C(C)C)nc2CCl)cc1. The first-order valence-corrected chi connectivity index (χ1v) is 7.50. The molecule has 0 saturated carbocycles. The van der Waals surface area contributed by atoms with E-state index in [1.54, 1.807) is 6.20 Å². The predicted octanol–water partition coefficient (Wildman–Crippen LogP) is 4.53. The second-order valence-corrected chi connectivity index (χ2v) is 5.10. The van der Waals surface area contributed by atoms with Crippen LogP contribution in [0.15, 0.2) is 30.5 Å². The molecule has 0 aliphatic heterocycles. The number of nitrogens with zero attached hydrogens (tertiary/aromatic N) is 2. The van der Waals surface area contributed by atoms with Crippen molar-refractivity contribution >= 4 is 11.6 Å². The normalized spacial score (nSPS) is 10.7. The van der Waals surface area contributed by atoms with E-state index < -0.39 is 0 Å². The van der Waals surface area contributed by atoms with Crippen molar-refractivity contribution in [3.63, 3.8) is 0 Å². The lowest BCUT2D eigenvalue weighted by Crippen LogP contribution is -2.02. The molecule has 2 rings (SSSR count). The van der Waals surface area contributed by atoms with E-state index in [9.17, 15) is 0 Å². The first-order valence-electron chi connectivity index (χ1n) is 6.96. The van der Waals surface area contributed by atoms with Crippen LogP contribution in [0.5, 0.6) is 17.2 Å². The number of aromatic nitrogens is 2. The summed E-state index contributed by atoms with van der Waals surface area (Å²) in [6, 6.07) is 7.42. The first-order chi connectivity index (χ1) is 10.1. The number of hydrogen-bond acceptors (Lipinski definition) is 4. The topological polar surface area (TPSA) is 44.2 Å². The fraction of sp³-hybridized carbons (Fsp3) is 0.375. The number of ether oxygens (including phenoxy) is 2. The maximum atomic E-state index is 5.95. The Hall–Kier alpha value is -1.81. The summed E-state index contributed by atoms with van der Waals surface area (Å²) in [6.07, 6.45) is 1.68. The maximum absolute atomic E-state index is 5.95. The predicted molar refractivity (Wildman–Crippen MR) is 83.4 cm³/mol. The molecule has 1 aromatic heterocycles. The second kappa shape index (κ2) is 7.27. The van der Waals surface area contributed by atoms with Crippen molar-refractivity contribution in [1.82, 2.24) is 9.97 Å². The van der Waals surface area contributed by atoms with Crippen molar-refractivity contribution in [2.45, 2.75) is 32.6 Å². The van der Waals surface area contributed by atoms with Crippen LogP contribution in [0.25, 0.3) is 0 Å². The van der Waals surface area contributed by atoms with Gasteiger partial charge in [-0.3, -0.25) is 0 Å². The quantitative estimate of drug-likeness (QED) is 0.735. The zero-order valence-corrected chi connectivity index (χ0v) is 13.2. The number of benzene rings is 1. The monoisotopic (exact) mass is 306 g/mol. The van der Waals surface area contributed by atoms with Crippen LogP contribution in [-0.2, 0) is 5.88 Å². The summed E-state index contributed by atoms with van der Waals surface area (Å²) in [5, 5.41) is 0. The molecule has 4 nitrogen and oxygen atoms in total. The average molecular weight is 307 g/mol. The van der Waals surface area contributed by atoms with Crippen molar-refractivity contribution in [3.8, 4) is 17.2 Å². The molecule has 0 aliphatic rings. The largest absolute Gasteiger partial charge is 0.494 e. The maximum Gasteiger partial charge on any atom is 0.168 e. The van der Waals surface area contributed by atoms with Crippen LogP contribution >= 0.6 is 11.6 Å². The number of hydrogen-bond donors (Lipinski definition) is 0. The van der Waals surface area contributed by atoms with Gasteiger partial charge in [0.2, 0.25) is 0 Å². The lowest BCUT2D eigenvalue weighted by molar-refractivity contribution is 0.339. The smallest absolute Gasteiger partial charge is 0.168 e. The standard InChI is InChI=1S/C16H19ClN2O2/c1-4-20-12-5-7-13(8-6-12)21-15-10-18-16(11(2)3)19-14(15)9-17/h5-8,10-11H,4,9H2,1-3H3. The van der Waals surface area contributed by atoms with Crippen molar-refractivity contribution < 1.29 is 9.47 Å². The van der Waals surface area contributed by atoms with Gasteiger partial charge in [0.25, 0.3) is 0 Å². The fourth-order valence-electron chi connectivity index (χ4n) is 1.78. The van der Waals surface area contributed by atoms with Gasteiger partial charge >= 0.3 is 0 Å². The molecule has 0 N–H and O–H groups in total. The van der Waals surface area contributed by atoms with Crippen molar-refractivity contribution in [1.29, 1.82) is 0 Å². The molecule has 1 heterocycles. The molecule has 0 unspecified atom stereocenters. The number of alkyl halides is 1. The van der Waals surface area contributed by atoms with Gasteiger partial charge in [0.15, 0.2) is 5.75 Å². The molecule has 0 atom stereocenters. The summed E-state index contributed by atoms with van der Waals surface area (Å²) in [5.74, 6) is 3.41. The van der Waals surface area contributed by atoms with Gasteiger partial charge in [-0.1, -0.05) is 13.8 Å². The molecule has 0 aliphatic carbocycles. The summed E-state index contributed by atoms with van der Waals surface area (Å²) >= 11 is 5.95. The summed E-state index contributed by atoms with van der Waals surface area (Å²) < 4.78 is 11.2. The second-order valence-electron chi connectivity index (χ2n) is 4.83. The van der Waals surface area contributed by atoms with Crippen LogP contribution in [0.1, 0.15) is 38.2 Å². The van der Waals surface area contributed by atoms with E-state index in [2.05, 4.69) is 9.97 Å². The molecule has 1 aromatic carbocycles. The van der Waals surface area contributed by atoms with Crippen LogP contribution in [-0.4, -0.2) is 16.6 Å². The molecule has 0 amide bonds. The molecule has 112 valence electrons. The summed E-state index contributed by atoms with van der Waals surface area (Å²) in [4.78, 5) is 8.75. The van der Waals surface area contributed by atoms with E-state index in [0.717, 1.165) is 11.6 Å². The Morgan fingerprint density at radius 2 is 1.81 bits per heavy atom. The Morgan fingerprint density at radius 1 is 1.14 bits per heavy atom. The summed E-state index contributed by atoms with van der Waals surface area (Å²) in [7, 11) is 0. The Labute approximate surface area is 130 Å². The highest BCUT2D eigenvalue weighted by Crippen LogP contribution is 2.27. The fourth-order valence-corrected chi connectivity index (χ4v) is 1.97. The average Bonchev–Trinajstić information content (AvgIpc) is 2.49. The minimum atomic E-state index is 0.256. The van der Waals surface area contributed by atoms with E-state index >= 15 is 0 Å². The van der Waals surface area contributed by atoms with Crippen LogP contribution in [0.3, 0.4) is 0 Å². The molecular weight excluding hydrogens is 288 g/mol. The summed E-state index contributed by atoms with van der Waals surface area (Å²) in [6.45, 7) is 6.67. The zero-order valence-electron chi connectivity index (χ0n) is 12.5. The van der Waals surface area contributed by atoms with E-state index in [-0.39, 0.29) is 11.8 Å². The van der Waals surface area contributed by atoms with Gasteiger partial charge in [-0.25, -0.2) is 9.97 Å². The lowest BCUT2D eigenvalue weighted by Gasteiger charge is -2.11. The number of rotatable bonds is 6. The third-order valence-electron chi connectivity index (χ3n) is 2.85. The zero-order chi connectivity index (χ0) is 15.2. The van der Waals surface area contributed by atoms with Crippen LogP contribution in [0.2, 0.25) is 0 Å². The van der Waals surface area contributed by atoms with Crippen LogP contribution in [0, 0.1) is 0 Å². The summed E-state index contributed by atoms with van der Waals surface area (Å²) in [5.41, 5.74) is 0.698. The van der Waals surface area contributed by atoms with Gasteiger partial charge in [0, 0.05) is 5.92 Å². The van der Waals surface area contributed by atoms with Gasteiger partial charge in [0.05, 0.1) is 18.7 Å². The van der Waals surface area contributed by atoms with Gasteiger partial charge in [0.1, 0.15) is 23.0 Å². The third kappa shape index (κ3) is 4.08. The van der Waals surface area contributed by atoms with Crippen molar-refractivity contribution in [2.75, 3.05) is 6.61 Å². The Balaban J connectivity index is 2.18. The molecule has 0 spiro atoms. The van der Waals surface area contributed by atoms with E-state index in [4.69, 9.17) is 21.1 Å². The van der Waals surface area contributed by atoms with Gasteiger partial charge in [-0.15, -0.1) is 11.6 Å². The Morgan fingerprint density at radius 3 is 2.38 bits per heavy atom. The Kier molecular flexibility index (Phi) is 5.39. The molecule has 0 bridgehead atoms. The van der Waals surface area contributed by atoms with Gasteiger partial charge in [-0.2, -0.15) is 0 Å². The molecule has 0 radical (unpaired) electrons. The molecule has 0 saturated heterocycles. The van der Waals surface area contributed by atoms with E-state index in [0.29, 0.717) is 23.8 Å². The van der Waals surface area contributed by atoms with Crippen LogP contribution < -0.4 is 9.47 Å². The third-order valence-corrected chi connectivity index (χ3v) is 3.11. The van der Waals surface area contributed by atoms with Crippen molar-refractivity contribution in [3.05, 3.63) is 42.0 Å². The molecule has 0 fully saturated rings. The number of halogens is 1. The molecule has 5 heteroatoms. The first kappa shape index (κ1) is 15.6. The van der Waals surface area contributed by atoms with Gasteiger partial charge < -0.3 is 9.47 Å². The molecule has 2 aromatic rings. The minimum Gasteiger partial charge on any atom is -0.494 e. The molecule has 21 heavy (non-hydrogen) atoms. The van der Waals surface area contributed by atoms with E-state index in [1.807, 2.05) is 45.0 Å². The Bertz CT molecular complexity index is 585. The highest BCUT2D eigenvalue weighted by atomic mass is 35.5. The minimum absolute atomic E-state index is 0.256. The van der Waals surface area contributed by atoms with Gasteiger partial charge in [-0.05, 0) is 31.2 Å². The lowest BCUT2D eigenvalue weighted by atomic mass is 10.2. The van der Waals surface area contributed by atoms with Crippen molar-refractivity contribution in [2.24, 2.45) is 0 Å². The highest BCUT2D eigenvalue weighted by Gasteiger charge is 2.11. The highest BCUT2D eigenvalue weighted by molar-refractivity contribution is 6.17. The molecular formula is C16H19ClN2O2. The van der Waals surface area contributed by atoms with Crippen LogP contribution in [0.4, 0.5) is 0 Å². The van der Waals surface area contributed by atoms with E-state index in [1.165, 1.54) is 0 Å².